The molecule has 7 nitrogen and oxygen atoms in total. The molecule has 8 heteroatoms. The molecule has 0 saturated carbocycles. The first kappa shape index (κ1) is 19.1. The van der Waals surface area contributed by atoms with Crippen LogP contribution in [0, 0.1) is 0 Å². The number of methoxy groups -OCH3 is 2. The van der Waals surface area contributed by atoms with Gasteiger partial charge in [0, 0.05) is 24.5 Å². The van der Waals surface area contributed by atoms with E-state index in [4.69, 9.17) is 14.2 Å². The van der Waals surface area contributed by atoms with E-state index in [9.17, 15) is 14.7 Å². The van der Waals surface area contributed by atoms with Gasteiger partial charge in [0.15, 0.2) is 0 Å². The molecule has 0 radical (unpaired) electrons. The van der Waals surface area contributed by atoms with Gasteiger partial charge in [-0.1, -0.05) is 20.8 Å². The number of aliphatic hydroxyl groups is 1. The molecule has 1 aliphatic heterocycles. The zero-order valence-corrected chi connectivity index (χ0v) is 14.9. The van der Waals surface area contributed by atoms with E-state index in [1.165, 1.54) is 39.8 Å². The molecule has 1 amide bonds. The predicted molar refractivity (Wildman–Crippen MR) is 82.4 cm³/mol. The minimum Gasteiger partial charge on any atom is -0.467 e. The number of amides is 1. The van der Waals surface area contributed by atoms with E-state index in [1.807, 2.05) is 20.8 Å². The molecule has 3 atom stereocenters. The van der Waals surface area contributed by atoms with Crippen LogP contribution in [0.5, 0.6) is 0 Å². The van der Waals surface area contributed by atoms with E-state index in [0.29, 0.717) is 0 Å². The molecule has 22 heavy (non-hydrogen) atoms. The van der Waals surface area contributed by atoms with Crippen LogP contribution in [0.15, 0.2) is 0 Å². The zero-order chi connectivity index (χ0) is 17.3. The summed E-state index contributed by atoms with van der Waals surface area (Å²) >= 11 is 1.48. The normalized spacial score (nSPS) is 30.2. The van der Waals surface area contributed by atoms with E-state index >= 15 is 0 Å². The Kier molecular flexibility index (Phi) is 5.42. The van der Waals surface area contributed by atoms with E-state index in [2.05, 4.69) is 0 Å². The van der Waals surface area contributed by atoms with Crippen molar-refractivity contribution in [2.24, 2.45) is 0 Å². The fourth-order valence-electron chi connectivity index (χ4n) is 2.09. The lowest BCUT2D eigenvalue weighted by molar-refractivity contribution is -0.264. The SMILES string of the molecule is COC(=O)[C@H](CSC(C)(C)C)N1C(=O)O[C@@](C)(OC)[C@]1(C)O. The Labute approximate surface area is 135 Å². The summed E-state index contributed by atoms with van der Waals surface area (Å²) in [5, 5.41) is 10.7. The highest BCUT2D eigenvalue weighted by Gasteiger charge is 2.63. The summed E-state index contributed by atoms with van der Waals surface area (Å²) in [6, 6.07) is -0.978. The third kappa shape index (κ3) is 3.49. The number of cyclic esters (lactones) is 1. The second kappa shape index (κ2) is 6.25. The Bertz CT molecular complexity index is 447. The quantitative estimate of drug-likeness (QED) is 0.764. The molecule has 1 N–H and O–H groups in total. The Morgan fingerprint density at radius 1 is 1.41 bits per heavy atom. The second-order valence-electron chi connectivity index (χ2n) is 6.37. The van der Waals surface area contributed by atoms with Gasteiger partial charge >= 0.3 is 12.1 Å². The highest BCUT2D eigenvalue weighted by atomic mass is 32.2. The minimum atomic E-state index is -1.81. The largest absolute Gasteiger partial charge is 0.467 e. The van der Waals surface area contributed by atoms with Gasteiger partial charge in [-0.25, -0.2) is 9.59 Å². The van der Waals surface area contributed by atoms with Crippen molar-refractivity contribution in [2.45, 2.75) is 56.9 Å². The van der Waals surface area contributed by atoms with Crippen molar-refractivity contribution in [1.29, 1.82) is 0 Å². The van der Waals surface area contributed by atoms with Gasteiger partial charge in [-0.15, -0.1) is 0 Å². The van der Waals surface area contributed by atoms with Crippen molar-refractivity contribution in [1.82, 2.24) is 4.90 Å². The molecule has 1 aliphatic rings. The minimum absolute atomic E-state index is 0.119. The maximum Gasteiger partial charge on any atom is 0.415 e. The average molecular weight is 335 g/mol. The number of esters is 1. The lowest BCUT2D eigenvalue weighted by Crippen LogP contribution is -2.61. The molecule has 0 spiro atoms. The molecule has 1 heterocycles. The van der Waals surface area contributed by atoms with Crippen molar-refractivity contribution in [3.05, 3.63) is 0 Å². The average Bonchev–Trinajstić information content (AvgIpc) is 2.57. The molecule has 0 aromatic carbocycles. The molecule has 128 valence electrons. The van der Waals surface area contributed by atoms with Gasteiger partial charge in [0.2, 0.25) is 5.72 Å². The fourth-order valence-corrected chi connectivity index (χ4v) is 3.03. The predicted octanol–water partition coefficient (Wildman–Crippen LogP) is 1.58. The zero-order valence-electron chi connectivity index (χ0n) is 14.1. The Morgan fingerprint density at radius 2 is 1.95 bits per heavy atom. The number of nitrogens with zero attached hydrogens (tertiary/aromatic N) is 1. The number of ether oxygens (including phenoxy) is 3. The molecule has 0 unspecified atom stereocenters. The van der Waals surface area contributed by atoms with Gasteiger partial charge in [0.25, 0.3) is 5.79 Å². The van der Waals surface area contributed by atoms with Crippen LogP contribution in [-0.2, 0) is 19.0 Å². The van der Waals surface area contributed by atoms with Crippen LogP contribution in [0.4, 0.5) is 4.79 Å². The molecule has 0 aromatic heterocycles. The van der Waals surface area contributed by atoms with Crippen LogP contribution in [-0.4, -0.2) is 64.3 Å². The summed E-state index contributed by atoms with van der Waals surface area (Å²) < 4.78 is 14.9. The molecule has 0 aromatic rings. The summed E-state index contributed by atoms with van der Waals surface area (Å²) in [5.74, 6) is -1.92. The van der Waals surface area contributed by atoms with E-state index in [1.54, 1.807) is 0 Å². The van der Waals surface area contributed by atoms with Gasteiger partial charge < -0.3 is 19.3 Å². The first-order valence-corrected chi connectivity index (χ1v) is 7.90. The molecular formula is C14H25NO6S. The molecule has 1 saturated heterocycles. The fraction of sp³-hybridized carbons (Fsp3) is 0.857. The van der Waals surface area contributed by atoms with Crippen LogP contribution in [0.1, 0.15) is 34.6 Å². The van der Waals surface area contributed by atoms with Crippen LogP contribution < -0.4 is 0 Å². The van der Waals surface area contributed by atoms with Crippen molar-refractivity contribution in [3.63, 3.8) is 0 Å². The summed E-state index contributed by atoms with van der Waals surface area (Å²) in [6.07, 6.45) is -0.820. The molecule has 1 rings (SSSR count). The lowest BCUT2D eigenvalue weighted by Gasteiger charge is -2.38. The Morgan fingerprint density at radius 3 is 2.32 bits per heavy atom. The van der Waals surface area contributed by atoms with Crippen LogP contribution in [0.3, 0.4) is 0 Å². The standard InChI is InChI=1S/C14H25NO6S/c1-12(2,3)22-8-9(10(16)19-6)15-11(17)21-14(5,20-7)13(15,4)18/h9,18H,8H2,1-7H3/t9-,13-,14+/m0/s1. The van der Waals surface area contributed by atoms with Gasteiger partial charge in [-0.2, -0.15) is 11.8 Å². The van der Waals surface area contributed by atoms with Gasteiger partial charge in [0.1, 0.15) is 6.04 Å². The summed E-state index contributed by atoms with van der Waals surface area (Å²) in [7, 11) is 2.56. The maximum absolute atomic E-state index is 12.2. The number of hydrogen-bond donors (Lipinski definition) is 1. The van der Waals surface area contributed by atoms with E-state index in [-0.39, 0.29) is 10.5 Å². The Hall–Kier alpha value is -0.990. The topological polar surface area (TPSA) is 85.3 Å². The summed E-state index contributed by atoms with van der Waals surface area (Å²) in [6.45, 7) is 8.79. The number of thioether (sulfide) groups is 1. The third-order valence-corrected chi connectivity index (χ3v) is 5.01. The number of carbonyl (C=O) groups excluding carboxylic acids is 2. The van der Waals surface area contributed by atoms with E-state index < -0.39 is 29.6 Å². The Balaban J connectivity index is 3.13. The number of hydrogen-bond acceptors (Lipinski definition) is 7. The van der Waals surface area contributed by atoms with Gasteiger partial charge in [-0.3, -0.25) is 4.90 Å². The lowest BCUT2D eigenvalue weighted by atomic mass is 10.0. The monoisotopic (exact) mass is 335 g/mol. The molecule has 1 fully saturated rings. The van der Waals surface area contributed by atoms with Crippen LogP contribution in [0.2, 0.25) is 0 Å². The summed E-state index contributed by atoms with van der Waals surface area (Å²) in [5.41, 5.74) is -1.81. The molecular weight excluding hydrogens is 310 g/mol. The molecule has 0 aliphatic carbocycles. The van der Waals surface area contributed by atoms with Crippen LogP contribution >= 0.6 is 11.8 Å². The second-order valence-corrected chi connectivity index (χ2v) is 8.22. The number of rotatable bonds is 5. The van der Waals surface area contributed by atoms with E-state index in [0.717, 1.165) is 4.90 Å². The van der Waals surface area contributed by atoms with Crippen molar-refractivity contribution >= 4 is 23.8 Å². The van der Waals surface area contributed by atoms with Crippen molar-refractivity contribution in [3.8, 4) is 0 Å². The number of carbonyl (C=O) groups is 2. The highest BCUT2D eigenvalue weighted by Crippen LogP contribution is 2.40. The smallest absolute Gasteiger partial charge is 0.415 e. The first-order valence-electron chi connectivity index (χ1n) is 6.91. The third-order valence-electron chi connectivity index (χ3n) is 3.66. The van der Waals surface area contributed by atoms with Crippen LogP contribution in [0.25, 0.3) is 0 Å². The maximum atomic E-state index is 12.2. The summed E-state index contributed by atoms with van der Waals surface area (Å²) in [4.78, 5) is 25.3. The van der Waals surface area contributed by atoms with Gasteiger partial charge in [-0.05, 0) is 6.92 Å². The van der Waals surface area contributed by atoms with Crippen molar-refractivity contribution < 1.29 is 28.9 Å². The molecule has 0 bridgehead atoms. The highest BCUT2D eigenvalue weighted by molar-refractivity contribution is 8.00. The first-order chi connectivity index (χ1) is 9.89. The van der Waals surface area contributed by atoms with Crippen molar-refractivity contribution in [2.75, 3.05) is 20.0 Å². The van der Waals surface area contributed by atoms with Gasteiger partial charge in [0.05, 0.1) is 7.11 Å².